The lowest BCUT2D eigenvalue weighted by atomic mass is 10.2. The zero-order chi connectivity index (χ0) is 21.5. The number of nitrogens with zero attached hydrogens (tertiary/aromatic N) is 4. The van der Waals surface area contributed by atoms with E-state index in [0.29, 0.717) is 0 Å². The van der Waals surface area contributed by atoms with Crippen LogP contribution in [-0.4, -0.2) is 53.9 Å². The smallest absolute Gasteiger partial charge is 0.0769 e. The van der Waals surface area contributed by atoms with Gasteiger partial charge in [0.1, 0.15) is 0 Å². The van der Waals surface area contributed by atoms with Crippen molar-refractivity contribution >= 4 is 17.3 Å². The van der Waals surface area contributed by atoms with Gasteiger partial charge in [0.2, 0.25) is 0 Å². The van der Waals surface area contributed by atoms with Crippen LogP contribution in [0.3, 0.4) is 0 Å². The minimum absolute atomic E-state index is 0.805. The molecule has 0 radical (unpaired) electrons. The van der Waals surface area contributed by atoms with Crippen LogP contribution >= 0.6 is 11.6 Å². The van der Waals surface area contributed by atoms with Gasteiger partial charge < -0.3 is 10.2 Å². The van der Waals surface area contributed by atoms with Gasteiger partial charge >= 0.3 is 0 Å². The molecule has 0 amide bonds. The normalized spacial score (nSPS) is 14.8. The topological polar surface area (TPSA) is 36.3 Å². The molecule has 0 saturated carbocycles. The van der Waals surface area contributed by atoms with Crippen molar-refractivity contribution < 1.29 is 0 Å². The van der Waals surface area contributed by atoms with E-state index in [0.717, 1.165) is 75.1 Å². The van der Waals surface area contributed by atoms with Crippen LogP contribution in [0, 0.1) is 0 Å². The number of anilines is 1. The summed E-state index contributed by atoms with van der Waals surface area (Å²) in [6, 6.07) is 20.8. The molecule has 0 aliphatic carbocycles. The van der Waals surface area contributed by atoms with Gasteiger partial charge in [0, 0.05) is 62.2 Å². The number of aromatic nitrogens is 2. The average Bonchev–Trinajstić information content (AvgIpc) is 3.21. The Labute approximate surface area is 190 Å². The fraction of sp³-hybridized carbons (Fsp3) is 0.400. The molecule has 31 heavy (non-hydrogen) atoms. The standard InChI is InChI=1S/C25H32ClN5/c1-2-7-25-19-22(28-31(25)23-9-4-3-5-10-23)20-27-12-13-29-14-16-30(17-15-29)24-11-6-8-21(26)18-24/h3-6,8-11,18-19,27H,2,7,12-17,20H2,1H3. The number of rotatable bonds is 9. The van der Waals surface area contributed by atoms with E-state index in [-0.39, 0.29) is 0 Å². The van der Waals surface area contributed by atoms with Gasteiger partial charge in [-0.15, -0.1) is 0 Å². The molecule has 1 aromatic heterocycles. The van der Waals surface area contributed by atoms with Crippen molar-refractivity contribution in [1.82, 2.24) is 20.0 Å². The van der Waals surface area contributed by atoms with Crippen molar-refractivity contribution in [3.63, 3.8) is 0 Å². The van der Waals surface area contributed by atoms with E-state index in [2.05, 4.69) is 69.2 Å². The molecule has 1 N–H and O–H groups in total. The minimum Gasteiger partial charge on any atom is -0.369 e. The lowest BCUT2D eigenvalue weighted by molar-refractivity contribution is 0.257. The highest BCUT2D eigenvalue weighted by atomic mass is 35.5. The van der Waals surface area contributed by atoms with Crippen LogP contribution in [0.1, 0.15) is 24.7 Å². The Bertz CT molecular complexity index is 948. The number of piperazine rings is 1. The van der Waals surface area contributed by atoms with Gasteiger partial charge in [-0.25, -0.2) is 4.68 Å². The number of para-hydroxylation sites is 1. The number of halogens is 1. The van der Waals surface area contributed by atoms with Gasteiger partial charge in [-0.1, -0.05) is 49.2 Å². The van der Waals surface area contributed by atoms with Crippen LogP contribution in [0.4, 0.5) is 5.69 Å². The minimum atomic E-state index is 0.805. The van der Waals surface area contributed by atoms with Crippen molar-refractivity contribution in [1.29, 1.82) is 0 Å². The van der Waals surface area contributed by atoms with Crippen LogP contribution in [0.5, 0.6) is 0 Å². The lowest BCUT2D eigenvalue weighted by Crippen LogP contribution is -2.48. The van der Waals surface area contributed by atoms with E-state index in [1.54, 1.807) is 0 Å². The number of hydrogen-bond donors (Lipinski definition) is 1. The maximum absolute atomic E-state index is 6.14. The zero-order valence-corrected chi connectivity index (χ0v) is 19.1. The Morgan fingerprint density at radius 1 is 0.935 bits per heavy atom. The molecule has 4 rings (SSSR count). The van der Waals surface area contributed by atoms with Crippen molar-refractivity contribution in [3.05, 3.63) is 77.1 Å². The molecule has 5 nitrogen and oxygen atoms in total. The summed E-state index contributed by atoms with van der Waals surface area (Å²) in [4.78, 5) is 4.94. The maximum Gasteiger partial charge on any atom is 0.0769 e. The first kappa shape index (κ1) is 21.9. The number of aryl methyl sites for hydroxylation is 1. The summed E-state index contributed by atoms with van der Waals surface area (Å²) in [5.74, 6) is 0. The molecule has 2 heterocycles. The van der Waals surface area contributed by atoms with Crippen molar-refractivity contribution in [2.24, 2.45) is 0 Å². The first-order valence-electron chi connectivity index (χ1n) is 11.3. The zero-order valence-electron chi connectivity index (χ0n) is 18.3. The monoisotopic (exact) mass is 437 g/mol. The third-order valence-electron chi connectivity index (χ3n) is 5.80. The molecule has 6 heteroatoms. The van der Waals surface area contributed by atoms with E-state index in [9.17, 15) is 0 Å². The van der Waals surface area contributed by atoms with E-state index in [1.165, 1.54) is 11.4 Å². The summed E-state index contributed by atoms with van der Waals surface area (Å²) >= 11 is 6.14. The molecule has 0 bridgehead atoms. The molecule has 1 fully saturated rings. The summed E-state index contributed by atoms with van der Waals surface area (Å²) in [5, 5.41) is 9.25. The molecule has 3 aromatic rings. The summed E-state index contributed by atoms with van der Waals surface area (Å²) in [7, 11) is 0. The van der Waals surface area contributed by atoms with Crippen molar-refractivity contribution in [3.8, 4) is 5.69 Å². The summed E-state index contributed by atoms with van der Waals surface area (Å²) in [6.45, 7) is 9.30. The molecule has 1 saturated heterocycles. The summed E-state index contributed by atoms with van der Waals surface area (Å²) < 4.78 is 2.09. The van der Waals surface area contributed by atoms with E-state index in [4.69, 9.17) is 16.7 Å². The van der Waals surface area contributed by atoms with Crippen molar-refractivity contribution in [2.45, 2.75) is 26.3 Å². The summed E-state index contributed by atoms with van der Waals surface area (Å²) in [5.41, 5.74) is 4.75. The van der Waals surface area contributed by atoms with Crippen LogP contribution in [0.15, 0.2) is 60.7 Å². The molecule has 0 spiro atoms. The highest BCUT2D eigenvalue weighted by Crippen LogP contribution is 2.20. The van der Waals surface area contributed by atoms with Gasteiger partial charge in [-0.2, -0.15) is 5.10 Å². The predicted octanol–water partition coefficient (Wildman–Crippen LogP) is 4.39. The first-order valence-corrected chi connectivity index (χ1v) is 11.7. The fourth-order valence-corrected chi connectivity index (χ4v) is 4.33. The first-order chi connectivity index (χ1) is 15.2. The quantitative estimate of drug-likeness (QED) is 0.503. The highest BCUT2D eigenvalue weighted by Gasteiger charge is 2.17. The molecular weight excluding hydrogens is 406 g/mol. The Morgan fingerprint density at radius 3 is 2.45 bits per heavy atom. The lowest BCUT2D eigenvalue weighted by Gasteiger charge is -2.36. The SMILES string of the molecule is CCCc1cc(CNCCN2CCN(c3cccc(Cl)c3)CC2)nn1-c1ccccc1. The molecule has 2 aromatic carbocycles. The third kappa shape index (κ3) is 5.88. The van der Waals surface area contributed by atoms with Crippen molar-refractivity contribution in [2.75, 3.05) is 44.2 Å². The van der Waals surface area contributed by atoms with Crippen LogP contribution in [0.2, 0.25) is 5.02 Å². The largest absolute Gasteiger partial charge is 0.369 e. The Morgan fingerprint density at radius 2 is 1.71 bits per heavy atom. The maximum atomic E-state index is 6.14. The third-order valence-corrected chi connectivity index (χ3v) is 6.03. The predicted molar refractivity (Wildman–Crippen MR) is 129 cm³/mol. The van der Waals surface area contributed by atoms with Crippen LogP contribution in [-0.2, 0) is 13.0 Å². The van der Waals surface area contributed by atoms with E-state index >= 15 is 0 Å². The van der Waals surface area contributed by atoms with E-state index < -0.39 is 0 Å². The number of benzene rings is 2. The van der Waals surface area contributed by atoms with Gasteiger partial charge in [-0.05, 0) is 42.8 Å². The van der Waals surface area contributed by atoms with Gasteiger partial charge in [0.25, 0.3) is 0 Å². The second-order valence-electron chi connectivity index (χ2n) is 8.11. The number of hydrogen-bond acceptors (Lipinski definition) is 4. The molecule has 0 unspecified atom stereocenters. The highest BCUT2D eigenvalue weighted by molar-refractivity contribution is 6.30. The Balaban J connectivity index is 1.23. The molecule has 1 aliphatic heterocycles. The van der Waals surface area contributed by atoms with Crippen LogP contribution < -0.4 is 10.2 Å². The number of nitrogens with one attached hydrogen (secondary N) is 1. The van der Waals surface area contributed by atoms with Gasteiger partial charge in [0.15, 0.2) is 0 Å². The van der Waals surface area contributed by atoms with Gasteiger partial charge in [0.05, 0.1) is 11.4 Å². The summed E-state index contributed by atoms with van der Waals surface area (Å²) in [6.07, 6.45) is 2.16. The van der Waals surface area contributed by atoms with E-state index in [1.807, 2.05) is 18.2 Å². The average molecular weight is 438 g/mol. The molecule has 0 atom stereocenters. The molecule has 1 aliphatic rings. The second kappa shape index (κ2) is 10.8. The fourth-order valence-electron chi connectivity index (χ4n) is 4.14. The second-order valence-corrected chi connectivity index (χ2v) is 8.55. The van der Waals surface area contributed by atoms with Gasteiger partial charge in [-0.3, -0.25) is 4.90 Å². The Kier molecular flexibility index (Phi) is 7.62. The Hall–Kier alpha value is -2.34. The molecular formula is C25H32ClN5. The molecule has 164 valence electrons. The van der Waals surface area contributed by atoms with Crippen LogP contribution in [0.25, 0.3) is 5.69 Å².